The molecular formula is C27H26N4O3S2. The quantitative estimate of drug-likeness (QED) is 0.163. The van der Waals surface area contributed by atoms with Crippen LogP contribution in [-0.4, -0.2) is 34.5 Å². The van der Waals surface area contributed by atoms with Crippen molar-refractivity contribution in [3.63, 3.8) is 0 Å². The maximum absolute atomic E-state index is 13.8. The standard InChI is InChI=1S/C27H26N4O3S2/c1-17-10-12-19(13-11-17)31-26(33)24-21-8-3-4-9-22(21)36-25(24)29-27(31)35-16-23(32)30-28-15-18-6-5-7-20(14-18)34-2/h5-7,10-15H,3-4,8-9,16H2,1-2H3,(H,30,32). The summed E-state index contributed by atoms with van der Waals surface area (Å²) in [6.45, 7) is 2.01. The first-order valence-electron chi connectivity index (χ1n) is 11.8. The fourth-order valence-electron chi connectivity index (χ4n) is 4.27. The van der Waals surface area contributed by atoms with Crippen molar-refractivity contribution in [2.45, 2.75) is 37.8 Å². The average molecular weight is 519 g/mol. The molecule has 0 radical (unpaired) electrons. The molecule has 36 heavy (non-hydrogen) atoms. The third-order valence-electron chi connectivity index (χ3n) is 6.08. The maximum Gasteiger partial charge on any atom is 0.267 e. The summed E-state index contributed by atoms with van der Waals surface area (Å²) in [5, 5.41) is 5.28. The van der Waals surface area contributed by atoms with Crippen LogP contribution < -0.4 is 15.7 Å². The summed E-state index contributed by atoms with van der Waals surface area (Å²) in [4.78, 5) is 33.2. The van der Waals surface area contributed by atoms with Crippen LogP contribution in [-0.2, 0) is 17.6 Å². The summed E-state index contributed by atoms with van der Waals surface area (Å²) >= 11 is 2.85. The summed E-state index contributed by atoms with van der Waals surface area (Å²) in [5.74, 6) is 0.505. The van der Waals surface area contributed by atoms with Crippen LogP contribution in [0.1, 0.15) is 34.4 Å². The number of rotatable bonds is 7. The number of methoxy groups -OCH3 is 1. The fraction of sp³-hybridized carbons (Fsp3) is 0.259. The molecular weight excluding hydrogens is 492 g/mol. The Morgan fingerprint density at radius 3 is 2.83 bits per heavy atom. The molecule has 0 spiro atoms. The van der Waals surface area contributed by atoms with Crippen molar-refractivity contribution in [3.8, 4) is 11.4 Å². The van der Waals surface area contributed by atoms with Gasteiger partial charge in [-0.05, 0) is 68.0 Å². The lowest BCUT2D eigenvalue weighted by molar-refractivity contribution is -0.118. The van der Waals surface area contributed by atoms with Gasteiger partial charge in [-0.2, -0.15) is 5.10 Å². The Kier molecular flexibility index (Phi) is 7.20. The third kappa shape index (κ3) is 5.08. The number of carbonyl (C=O) groups excluding carboxylic acids is 1. The first-order valence-corrected chi connectivity index (χ1v) is 13.6. The fourth-order valence-corrected chi connectivity index (χ4v) is 6.38. The van der Waals surface area contributed by atoms with Gasteiger partial charge >= 0.3 is 0 Å². The summed E-state index contributed by atoms with van der Waals surface area (Å²) in [5.41, 5.74) is 6.30. The molecule has 0 saturated carbocycles. The van der Waals surface area contributed by atoms with Crippen LogP contribution in [0.15, 0.2) is 63.6 Å². The summed E-state index contributed by atoms with van der Waals surface area (Å²) < 4.78 is 6.84. The smallest absolute Gasteiger partial charge is 0.267 e. The van der Waals surface area contributed by atoms with E-state index in [9.17, 15) is 9.59 Å². The van der Waals surface area contributed by atoms with Crippen molar-refractivity contribution < 1.29 is 9.53 Å². The van der Waals surface area contributed by atoms with E-state index in [0.717, 1.165) is 58.3 Å². The van der Waals surface area contributed by atoms with Gasteiger partial charge in [0.2, 0.25) is 0 Å². The topological polar surface area (TPSA) is 85.6 Å². The van der Waals surface area contributed by atoms with E-state index in [1.54, 1.807) is 29.2 Å². The van der Waals surface area contributed by atoms with Crippen molar-refractivity contribution >= 4 is 45.4 Å². The molecule has 9 heteroatoms. The predicted octanol–water partition coefficient (Wildman–Crippen LogP) is 4.89. The minimum atomic E-state index is -0.283. The number of hydrogen-bond acceptors (Lipinski definition) is 7. The van der Waals surface area contributed by atoms with E-state index >= 15 is 0 Å². The van der Waals surface area contributed by atoms with Gasteiger partial charge in [0, 0.05) is 4.88 Å². The van der Waals surface area contributed by atoms with Gasteiger partial charge in [-0.3, -0.25) is 14.2 Å². The Bertz CT molecular complexity index is 1510. The normalized spacial score (nSPS) is 13.2. The molecule has 0 bridgehead atoms. The van der Waals surface area contributed by atoms with Gasteiger partial charge in [0.1, 0.15) is 10.6 Å². The number of hydrogen-bond donors (Lipinski definition) is 1. The zero-order chi connectivity index (χ0) is 25.1. The zero-order valence-corrected chi connectivity index (χ0v) is 21.7. The van der Waals surface area contributed by atoms with Crippen LogP contribution in [0, 0.1) is 6.92 Å². The monoisotopic (exact) mass is 518 g/mol. The van der Waals surface area contributed by atoms with Crippen LogP contribution in [0.3, 0.4) is 0 Å². The van der Waals surface area contributed by atoms with Crippen molar-refractivity contribution in [1.29, 1.82) is 0 Å². The summed E-state index contributed by atoms with van der Waals surface area (Å²) in [6, 6.07) is 15.2. The van der Waals surface area contributed by atoms with Gasteiger partial charge in [-0.25, -0.2) is 10.4 Å². The Labute approximate surface area is 217 Å². The van der Waals surface area contributed by atoms with E-state index in [4.69, 9.17) is 9.72 Å². The van der Waals surface area contributed by atoms with Crippen LogP contribution in [0.4, 0.5) is 0 Å². The van der Waals surface area contributed by atoms with E-state index in [0.29, 0.717) is 10.9 Å². The van der Waals surface area contributed by atoms with E-state index in [-0.39, 0.29) is 17.2 Å². The van der Waals surface area contributed by atoms with Crippen molar-refractivity contribution in [3.05, 3.63) is 80.5 Å². The van der Waals surface area contributed by atoms with Gasteiger partial charge < -0.3 is 4.74 Å². The van der Waals surface area contributed by atoms with Crippen LogP contribution in [0.25, 0.3) is 15.9 Å². The largest absolute Gasteiger partial charge is 0.497 e. The molecule has 2 heterocycles. The van der Waals surface area contributed by atoms with Crippen LogP contribution in [0.5, 0.6) is 5.75 Å². The van der Waals surface area contributed by atoms with Crippen molar-refractivity contribution in [2.75, 3.05) is 12.9 Å². The molecule has 0 unspecified atom stereocenters. The molecule has 2 aromatic heterocycles. The number of fused-ring (bicyclic) bond motifs is 3. The Balaban J connectivity index is 1.41. The number of aryl methyl sites for hydroxylation is 3. The lowest BCUT2D eigenvalue weighted by Gasteiger charge is -2.13. The molecule has 0 fully saturated rings. The number of ether oxygens (including phenoxy) is 1. The number of nitrogens with one attached hydrogen (secondary N) is 1. The van der Waals surface area contributed by atoms with E-state index in [1.165, 1.54) is 16.6 Å². The first kappa shape index (κ1) is 24.3. The number of benzene rings is 2. The number of amides is 1. The van der Waals surface area contributed by atoms with Gasteiger partial charge in [-0.15, -0.1) is 11.3 Å². The Morgan fingerprint density at radius 2 is 2.03 bits per heavy atom. The van der Waals surface area contributed by atoms with Gasteiger partial charge in [0.15, 0.2) is 5.16 Å². The number of aromatic nitrogens is 2. The van der Waals surface area contributed by atoms with Gasteiger partial charge in [0.25, 0.3) is 11.5 Å². The minimum absolute atomic E-state index is 0.0674. The zero-order valence-electron chi connectivity index (χ0n) is 20.1. The molecule has 184 valence electrons. The predicted molar refractivity (Wildman–Crippen MR) is 146 cm³/mol. The second-order valence-corrected chi connectivity index (χ2v) is 10.6. The van der Waals surface area contributed by atoms with Crippen molar-refractivity contribution in [2.24, 2.45) is 5.10 Å². The number of carbonyl (C=O) groups is 1. The number of nitrogens with zero attached hydrogens (tertiary/aromatic N) is 3. The van der Waals surface area contributed by atoms with E-state index in [1.807, 2.05) is 55.5 Å². The molecule has 0 aliphatic heterocycles. The molecule has 7 nitrogen and oxygen atoms in total. The van der Waals surface area contributed by atoms with Crippen molar-refractivity contribution in [1.82, 2.24) is 15.0 Å². The molecule has 5 rings (SSSR count). The van der Waals surface area contributed by atoms with Gasteiger partial charge in [-0.1, -0.05) is 41.6 Å². The summed E-state index contributed by atoms with van der Waals surface area (Å²) in [6.07, 6.45) is 5.71. The molecule has 0 atom stereocenters. The molecule has 1 N–H and O–H groups in total. The van der Waals surface area contributed by atoms with E-state index in [2.05, 4.69) is 10.5 Å². The first-order chi connectivity index (χ1) is 17.5. The maximum atomic E-state index is 13.8. The summed E-state index contributed by atoms with van der Waals surface area (Å²) in [7, 11) is 1.60. The second-order valence-electron chi connectivity index (χ2n) is 8.62. The Morgan fingerprint density at radius 1 is 1.22 bits per heavy atom. The molecule has 1 aliphatic rings. The van der Waals surface area contributed by atoms with E-state index < -0.39 is 0 Å². The third-order valence-corrected chi connectivity index (χ3v) is 8.20. The minimum Gasteiger partial charge on any atom is -0.497 e. The lowest BCUT2D eigenvalue weighted by atomic mass is 9.97. The number of thioether (sulfide) groups is 1. The molecule has 1 aliphatic carbocycles. The van der Waals surface area contributed by atoms with Crippen LogP contribution in [0.2, 0.25) is 0 Å². The molecule has 2 aromatic carbocycles. The molecule has 1 amide bonds. The SMILES string of the molecule is COc1cccc(C=NNC(=O)CSc2nc3sc4c(c3c(=O)n2-c2ccc(C)cc2)CCCC4)c1. The number of thiophene rings is 1. The lowest BCUT2D eigenvalue weighted by Crippen LogP contribution is -2.24. The van der Waals surface area contributed by atoms with Gasteiger partial charge in [0.05, 0.1) is 30.2 Å². The molecule has 0 saturated heterocycles. The van der Waals surface area contributed by atoms with Crippen LogP contribution >= 0.6 is 23.1 Å². The highest BCUT2D eigenvalue weighted by Crippen LogP contribution is 2.35. The highest BCUT2D eigenvalue weighted by atomic mass is 32.2. The highest BCUT2D eigenvalue weighted by Gasteiger charge is 2.23. The molecule has 4 aromatic rings. The number of hydrazone groups is 1. The average Bonchev–Trinajstić information content (AvgIpc) is 3.27. The second kappa shape index (κ2) is 10.7. The Hall–Kier alpha value is -3.43. The highest BCUT2D eigenvalue weighted by molar-refractivity contribution is 7.99.